The van der Waals surface area contributed by atoms with E-state index in [2.05, 4.69) is 58.4 Å². The predicted octanol–water partition coefficient (Wildman–Crippen LogP) is 3.24. The molecule has 1 rings (SSSR count). The molecule has 78 valence electrons. The van der Waals surface area contributed by atoms with Gasteiger partial charge in [-0.15, -0.1) is 0 Å². The van der Waals surface area contributed by atoms with Gasteiger partial charge in [-0.1, -0.05) is 28.1 Å². The van der Waals surface area contributed by atoms with Crippen LogP contribution in [0.4, 0.5) is 0 Å². The van der Waals surface area contributed by atoms with Crippen molar-refractivity contribution in [3.8, 4) is 0 Å². The molecule has 0 saturated carbocycles. The second-order valence-electron chi connectivity index (χ2n) is 3.36. The Labute approximate surface area is 99.0 Å². The first kappa shape index (κ1) is 12.1. The van der Waals surface area contributed by atoms with Crippen LogP contribution in [0.15, 0.2) is 28.7 Å². The Balaban J connectivity index is 2.43. The minimum absolute atomic E-state index is 1.03. The lowest BCUT2D eigenvalue weighted by atomic mass is 10.2. The lowest BCUT2D eigenvalue weighted by molar-refractivity contribution is 0.349. The Morgan fingerprint density at radius 1 is 1.43 bits per heavy atom. The molecule has 0 spiro atoms. The Morgan fingerprint density at radius 2 is 2.21 bits per heavy atom. The molecule has 0 fully saturated rings. The number of thioether (sulfide) groups is 1. The van der Waals surface area contributed by atoms with E-state index in [0.717, 1.165) is 17.6 Å². The second-order valence-corrected chi connectivity index (χ2v) is 5.26. The van der Waals surface area contributed by atoms with E-state index in [4.69, 9.17) is 0 Å². The molecule has 0 saturated heterocycles. The summed E-state index contributed by atoms with van der Waals surface area (Å²) >= 11 is 5.37. The highest BCUT2D eigenvalue weighted by atomic mass is 79.9. The molecule has 1 aromatic carbocycles. The highest BCUT2D eigenvalue weighted by Crippen LogP contribution is 2.12. The quantitative estimate of drug-likeness (QED) is 0.811. The van der Waals surface area contributed by atoms with Gasteiger partial charge in [0.2, 0.25) is 0 Å². The third kappa shape index (κ3) is 4.49. The largest absolute Gasteiger partial charge is 0.301 e. The first-order valence-electron chi connectivity index (χ1n) is 4.64. The first-order valence-corrected chi connectivity index (χ1v) is 6.83. The van der Waals surface area contributed by atoms with Crippen molar-refractivity contribution in [2.75, 3.05) is 25.6 Å². The van der Waals surface area contributed by atoms with Crippen LogP contribution in [0.1, 0.15) is 5.56 Å². The van der Waals surface area contributed by atoms with Gasteiger partial charge in [0.1, 0.15) is 0 Å². The van der Waals surface area contributed by atoms with Crippen molar-refractivity contribution < 1.29 is 0 Å². The maximum atomic E-state index is 3.48. The minimum Gasteiger partial charge on any atom is -0.301 e. The summed E-state index contributed by atoms with van der Waals surface area (Å²) in [5.41, 5.74) is 1.36. The first-order chi connectivity index (χ1) is 6.72. The fourth-order valence-electron chi connectivity index (χ4n) is 1.27. The molecule has 0 aliphatic carbocycles. The number of benzene rings is 1. The van der Waals surface area contributed by atoms with Crippen LogP contribution in [0.3, 0.4) is 0 Å². The summed E-state index contributed by atoms with van der Waals surface area (Å²) in [4.78, 5) is 2.35. The zero-order valence-corrected chi connectivity index (χ0v) is 11.1. The van der Waals surface area contributed by atoms with Gasteiger partial charge < -0.3 is 4.90 Å². The fraction of sp³-hybridized carbons (Fsp3) is 0.455. The number of hydrogen-bond acceptors (Lipinski definition) is 2. The van der Waals surface area contributed by atoms with Crippen molar-refractivity contribution in [1.29, 1.82) is 0 Å². The van der Waals surface area contributed by atoms with E-state index < -0.39 is 0 Å². The third-order valence-electron chi connectivity index (χ3n) is 2.02. The van der Waals surface area contributed by atoms with Crippen LogP contribution in [0, 0.1) is 0 Å². The van der Waals surface area contributed by atoms with E-state index in [1.54, 1.807) is 0 Å². The molecular weight excluding hydrogens is 258 g/mol. The minimum atomic E-state index is 1.03. The van der Waals surface area contributed by atoms with E-state index >= 15 is 0 Å². The van der Waals surface area contributed by atoms with Crippen molar-refractivity contribution in [2.24, 2.45) is 0 Å². The second kappa shape index (κ2) is 6.49. The van der Waals surface area contributed by atoms with Gasteiger partial charge in [-0.25, -0.2) is 0 Å². The molecule has 0 atom stereocenters. The van der Waals surface area contributed by atoms with Gasteiger partial charge in [-0.05, 0) is 31.0 Å². The van der Waals surface area contributed by atoms with Crippen molar-refractivity contribution in [3.63, 3.8) is 0 Å². The van der Waals surface area contributed by atoms with E-state index in [-0.39, 0.29) is 0 Å². The Hall–Kier alpha value is 0.01000. The average Bonchev–Trinajstić information content (AvgIpc) is 2.15. The van der Waals surface area contributed by atoms with Crippen LogP contribution in [0.2, 0.25) is 0 Å². The predicted molar refractivity (Wildman–Crippen MR) is 68.9 cm³/mol. The lowest BCUT2D eigenvalue weighted by Gasteiger charge is -2.15. The van der Waals surface area contributed by atoms with Crippen LogP contribution >= 0.6 is 27.7 Å². The SMILES string of the molecule is CSCCN(C)Cc1cccc(Br)c1. The fourth-order valence-corrected chi connectivity index (χ4v) is 2.21. The molecule has 0 heterocycles. The molecule has 1 nitrogen and oxygen atoms in total. The third-order valence-corrected chi connectivity index (χ3v) is 3.10. The molecule has 0 N–H and O–H groups in total. The van der Waals surface area contributed by atoms with Crippen molar-refractivity contribution in [3.05, 3.63) is 34.3 Å². The molecule has 3 heteroatoms. The normalized spacial score (nSPS) is 10.9. The summed E-state index contributed by atoms with van der Waals surface area (Å²) in [5.74, 6) is 1.20. The van der Waals surface area contributed by atoms with Crippen LogP contribution in [0.5, 0.6) is 0 Å². The molecule has 0 aromatic heterocycles. The Bertz CT molecular complexity index is 278. The van der Waals surface area contributed by atoms with Gasteiger partial charge in [0, 0.05) is 23.3 Å². The van der Waals surface area contributed by atoms with Crippen molar-refractivity contribution in [2.45, 2.75) is 6.54 Å². The van der Waals surface area contributed by atoms with Crippen molar-refractivity contribution >= 4 is 27.7 Å². The maximum absolute atomic E-state index is 3.48. The van der Waals surface area contributed by atoms with Crippen LogP contribution in [0.25, 0.3) is 0 Å². The summed E-state index contributed by atoms with van der Waals surface area (Å²) in [6.07, 6.45) is 2.15. The summed E-state index contributed by atoms with van der Waals surface area (Å²) in [7, 11) is 2.16. The molecule has 0 bridgehead atoms. The van der Waals surface area contributed by atoms with E-state index in [0.29, 0.717) is 0 Å². The smallest absolute Gasteiger partial charge is 0.0231 e. The van der Waals surface area contributed by atoms with Gasteiger partial charge in [0.25, 0.3) is 0 Å². The molecule has 0 aliphatic heterocycles. The Morgan fingerprint density at radius 3 is 2.86 bits per heavy atom. The Kier molecular flexibility index (Phi) is 5.60. The van der Waals surface area contributed by atoms with Crippen LogP contribution < -0.4 is 0 Å². The summed E-state index contributed by atoms with van der Waals surface area (Å²) in [6.45, 7) is 2.17. The van der Waals surface area contributed by atoms with Gasteiger partial charge in [0.05, 0.1) is 0 Å². The number of hydrogen-bond donors (Lipinski definition) is 0. The average molecular weight is 274 g/mol. The number of rotatable bonds is 5. The van der Waals surface area contributed by atoms with Crippen LogP contribution in [-0.4, -0.2) is 30.5 Å². The molecule has 0 amide bonds. The summed E-state index contributed by atoms with van der Waals surface area (Å²) < 4.78 is 1.16. The molecule has 0 radical (unpaired) electrons. The van der Waals surface area contributed by atoms with Crippen LogP contribution in [-0.2, 0) is 6.54 Å². The van der Waals surface area contributed by atoms with Gasteiger partial charge in [0.15, 0.2) is 0 Å². The van der Waals surface area contributed by atoms with Gasteiger partial charge >= 0.3 is 0 Å². The number of halogens is 1. The zero-order chi connectivity index (χ0) is 10.4. The van der Waals surface area contributed by atoms with E-state index in [9.17, 15) is 0 Å². The molecule has 0 aliphatic rings. The topological polar surface area (TPSA) is 3.24 Å². The zero-order valence-electron chi connectivity index (χ0n) is 8.66. The monoisotopic (exact) mass is 273 g/mol. The summed E-state index contributed by atoms with van der Waals surface area (Å²) in [6, 6.07) is 8.49. The molecular formula is C11H16BrNS. The van der Waals surface area contributed by atoms with Gasteiger partial charge in [-0.3, -0.25) is 0 Å². The lowest BCUT2D eigenvalue weighted by Crippen LogP contribution is -2.20. The standard InChI is InChI=1S/C11H16BrNS/c1-13(6-7-14-2)9-10-4-3-5-11(12)8-10/h3-5,8H,6-7,9H2,1-2H3. The van der Waals surface area contributed by atoms with E-state index in [1.807, 2.05) is 11.8 Å². The summed E-state index contributed by atoms with van der Waals surface area (Å²) in [5, 5.41) is 0. The van der Waals surface area contributed by atoms with Gasteiger partial charge in [-0.2, -0.15) is 11.8 Å². The highest BCUT2D eigenvalue weighted by Gasteiger charge is 1.99. The molecule has 14 heavy (non-hydrogen) atoms. The molecule has 0 unspecified atom stereocenters. The van der Waals surface area contributed by atoms with E-state index in [1.165, 1.54) is 11.3 Å². The highest BCUT2D eigenvalue weighted by molar-refractivity contribution is 9.10. The number of nitrogens with zero attached hydrogens (tertiary/aromatic N) is 1. The maximum Gasteiger partial charge on any atom is 0.0231 e. The molecule has 1 aromatic rings. The van der Waals surface area contributed by atoms with Crippen molar-refractivity contribution in [1.82, 2.24) is 4.90 Å².